The van der Waals surface area contributed by atoms with Crippen molar-refractivity contribution in [1.82, 2.24) is 9.97 Å². The van der Waals surface area contributed by atoms with Crippen LogP contribution in [0, 0.1) is 5.82 Å². The fourth-order valence-electron chi connectivity index (χ4n) is 1.50. The highest BCUT2D eigenvalue weighted by atomic mass is 19.1. The van der Waals surface area contributed by atoms with Gasteiger partial charge in [-0.1, -0.05) is 6.92 Å². The van der Waals surface area contributed by atoms with Crippen LogP contribution in [-0.2, 0) is 6.42 Å². The van der Waals surface area contributed by atoms with Crippen LogP contribution in [-0.4, -0.2) is 16.0 Å². The zero-order valence-electron chi connectivity index (χ0n) is 8.26. The quantitative estimate of drug-likeness (QED) is 0.803. The van der Waals surface area contributed by atoms with E-state index < -0.39 is 0 Å². The van der Waals surface area contributed by atoms with Crippen molar-refractivity contribution in [3.05, 3.63) is 17.8 Å². The Kier molecular flexibility index (Phi) is 2.61. The third-order valence-corrected chi connectivity index (χ3v) is 2.64. The van der Waals surface area contributed by atoms with Gasteiger partial charge in [0.15, 0.2) is 11.6 Å². The number of aryl methyl sites for hydroxylation is 1. The van der Waals surface area contributed by atoms with Crippen LogP contribution in [0.3, 0.4) is 0 Å². The molecular weight excluding hydrogens is 181 g/mol. The van der Waals surface area contributed by atoms with Gasteiger partial charge in [0, 0.05) is 6.04 Å². The van der Waals surface area contributed by atoms with Crippen molar-refractivity contribution in [1.29, 1.82) is 0 Å². The highest BCUT2D eigenvalue weighted by Crippen LogP contribution is 2.23. The molecule has 0 spiro atoms. The first-order chi connectivity index (χ1) is 6.81. The summed E-state index contributed by atoms with van der Waals surface area (Å²) in [5.41, 5.74) is 0.488. The van der Waals surface area contributed by atoms with Crippen molar-refractivity contribution in [3.8, 4) is 0 Å². The largest absolute Gasteiger partial charge is 0.365 e. The van der Waals surface area contributed by atoms with E-state index in [1.807, 2.05) is 6.92 Å². The van der Waals surface area contributed by atoms with Gasteiger partial charge in [-0.25, -0.2) is 14.4 Å². The smallest absolute Gasteiger partial charge is 0.186 e. The first-order valence-electron chi connectivity index (χ1n) is 5.07. The number of hydrogen-bond donors (Lipinski definition) is 1. The van der Waals surface area contributed by atoms with E-state index >= 15 is 0 Å². The lowest BCUT2D eigenvalue weighted by atomic mass is 9.93. The van der Waals surface area contributed by atoms with Crippen LogP contribution < -0.4 is 5.32 Å². The Morgan fingerprint density at radius 3 is 2.86 bits per heavy atom. The molecule has 0 aliphatic heterocycles. The minimum absolute atomic E-state index is 0.290. The standard InChI is InChI=1S/C10H14FN3/c1-2-8-9(11)10(13-6-12-8)14-7-4-3-5-7/h6-7H,2-5H2,1H3,(H,12,13,14). The topological polar surface area (TPSA) is 37.8 Å². The zero-order chi connectivity index (χ0) is 9.97. The Bertz CT molecular complexity index is 323. The first kappa shape index (κ1) is 9.37. The van der Waals surface area contributed by atoms with Gasteiger partial charge < -0.3 is 5.32 Å². The summed E-state index contributed by atoms with van der Waals surface area (Å²) >= 11 is 0. The molecule has 0 bridgehead atoms. The Morgan fingerprint density at radius 1 is 1.50 bits per heavy atom. The maximum atomic E-state index is 13.6. The van der Waals surface area contributed by atoms with Gasteiger partial charge in [-0.15, -0.1) is 0 Å². The molecule has 1 fully saturated rings. The second-order valence-corrected chi connectivity index (χ2v) is 3.61. The number of aromatic nitrogens is 2. The maximum absolute atomic E-state index is 13.6. The lowest BCUT2D eigenvalue weighted by Gasteiger charge is -2.27. The number of halogens is 1. The third-order valence-electron chi connectivity index (χ3n) is 2.64. The summed E-state index contributed by atoms with van der Waals surface area (Å²) in [6, 6.07) is 0.407. The van der Waals surface area contributed by atoms with Crippen LogP contribution >= 0.6 is 0 Å². The van der Waals surface area contributed by atoms with Gasteiger partial charge in [-0.3, -0.25) is 0 Å². The van der Waals surface area contributed by atoms with Crippen LogP contribution in [0.1, 0.15) is 31.9 Å². The van der Waals surface area contributed by atoms with Crippen molar-refractivity contribution in [3.63, 3.8) is 0 Å². The van der Waals surface area contributed by atoms with E-state index in [0.29, 0.717) is 24.0 Å². The second kappa shape index (κ2) is 3.90. The molecular formula is C10H14FN3. The van der Waals surface area contributed by atoms with E-state index in [1.165, 1.54) is 12.7 Å². The monoisotopic (exact) mass is 195 g/mol. The summed E-state index contributed by atoms with van der Waals surface area (Å²) in [4.78, 5) is 7.79. The molecule has 2 rings (SSSR count). The number of nitrogens with zero attached hydrogens (tertiary/aromatic N) is 2. The van der Waals surface area contributed by atoms with Crippen LogP contribution in [0.4, 0.5) is 10.2 Å². The maximum Gasteiger partial charge on any atom is 0.186 e. The van der Waals surface area contributed by atoms with Crippen LogP contribution in [0.25, 0.3) is 0 Å². The fourth-order valence-corrected chi connectivity index (χ4v) is 1.50. The van der Waals surface area contributed by atoms with Gasteiger partial charge in [0.25, 0.3) is 0 Å². The van der Waals surface area contributed by atoms with Gasteiger partial charge in [-0.05, 0) is 25.7 Å². The Balaban J connectivity index is 2.15. The van der Waals surface area contributed by atoms with E-state index in [4.69, 9.17) is 0 Å². The van der Waals surface area contributed by atoms with Crippen molar-refractivity contribution >= 4 is 5.82 Å². The molecule has 0 aromatic carbocycles. The van der Waals surface area contributed by atoms with E-state index in [2.05, 4.69) is 15.3 Å². The zero-order valence-corrected chi connectivity index (χ0v) is 8.26. The molecule has 0 unspecified atom stereocenters. The van der Waals surface area contributed by atoms with E-state index in [0.717, 1.165) is 12.8 Å². The molecule has 0 radical (unpaired) electrons. The molecule has 76 valence electrons. The molecule has 0 amide bonds. The third kappa shape index (κ3) is 1.69. The number of anilines is 1. The molecule has 1 heterocycles. The van der Waals surface area contributed by atoms with E-state index in [-0.39, 0.29) is 5.82 Å². The normalized spacial score (nSPS) is 16.4. The molecule has 1 aliphatic carbocycles. The van der Waals surface area contributed by atoms with Gasteiger partial charge in [0.1, 0.15) is 6.33 Å². The summed E-state index contributed by atoms with van der Waals surface area (Å²) in [6.45, 7) is 1.89. The molecule has 1 saturated carbocycles. The highest BCUT2D eigenvalue weighted by Gasteiger charge is 2.19. The summed E-state index contributed by atoms with van der Waals surface area (Å²) in [5, 5.41) is 3.10. The van der Waals surface area contributed by atoms with Gasteiger partial charge >= 0.3 is 0 Å². The minimum Gasteiger partial charge on any atom is -0.365 e. The SMILES string of the molecule is CCc1ncnc(NC2CCC2)c1F. The second-order valence-electron chi connectivity index (χ2n) is 3.61. The van der Waals surface area contributed by atoms with Crippen molar-refractivity contribution in [2.24, 2.45) is 0 Å². The van der Waals surface area contributed by atoms with Crippen LogP contribution in [0.2, 0.25) is 0 Å². The molecule has 0 atom stereocenters. The molecule has 1 N–H and O–H groups in total. The average Bonchev–Trinajstić information content (AvgIpc) is 2.13. The molecule has 1 aromatic heterocycles. The highest BCUT2D eigenvalue weighted by molar-refractivity contribution is 5.38. The number of hydrogen-bond acceptors (Lipinski definition) is 3. The molecule has 3 nitrogen and oxygen atoms in total. The van der Waals surface area contributed by atoms with E-state index in [9.17, 15) is 4.39 Å². The average molecular weight is 195 g/mol. The minimum atomic E-state index is -0.290. The van der Waals surface area contributed by atoms with Crippen molar-refractivity contribution in [2.75, 3.05) is 5.32 Å². The lowest BCUT2D eigenvalue weighted by Crippen LogP contribution is -2.28. The summed E-state index contributed by atoms with van der Waals surface area (Å²) < 4.78 is 13.6. The Morgan fingerprint density at radius 2 is 2.29 bits per heavy atom. The predicted octanol–water partition coefficient (Wildman–Crippen LogP) is 2.14. The van der Waals surface area contributed by atoms with Gasteiger partial charge in [0.05, 0.1) is 5.69 Å². The van der Waals surface area contributed by atoms with Crippen molar-refractivity contribution < 1.29 is 4.39 Å². The molecule has 0 saturated heterocycles. The summed E-state index contributed by atoms with van der Waals surface area (Å²) in [5.74, 6) is 0.0726. The number of rotatable bonds is 3. The van der Waals surface area contributed by atoms with E-state index in [1.54, 1.807) is 0 Å². The molecule has 1 aromatic rings. The lowest BCUT2D eigenvalue weighted by molar-refractivity contribution is 0.441. The van der Waals surface area contributed by atoms with Crippen molar-refractivity contribution in [2.45, 2.75) is 38.6 Å². The molecule has 1 aliphatic rings. The first-order valence-corrected chi connectivity index (χ1v) is 5.07. The van der Waals surface area contributed by atoms with Gasteiger partial charge in [0.2, 0.25) is 0 Å². The van der Waals surface area contributed by atoms with Gasteiger partial charge in [-0.2, -0.15) is 0 Å². The Labute approximate surface area is 82.8 Å². The summed E-state index contributed by atoms with van der Waals surface area (Å²) in [7, 11) is 0. The Hall–Kier alpha value is -1.19. The fraction of sp³-hybridized carbons (Fsp3) is 0.600. The van der Waals surface area contributed by atoms with Crippen LogP contribution in [0.15, 0.2) is 6.33 Å². The molecule has 4 heteroatoms. The summed E-state index contributed by atoms with van der Waals surface area (Å²) in [6.07, 6.45) is 5.48. The molecule has 14 heavy (non-hydrogen) atoms. The predicted molar refractivity (Wildman–Crippen MR) is 52.6 cm³/mol. The van der Waals surface area contributed by atoms with Crippen LogP contribution in [0.5, 0.6) is 0 Å². The number of nitrogens with one attached hydrogen (secondary N) is 1.